The summed E-state index contributed by atoms with van der Waals surface area (Å²) in [5.74, 6) is -0.299. The first kappa shape index (κ1) is 16.8. The van der Waals surface area contributed by atoms with Gasteiger partial charge in [0.1, 0.15) is 5.00 Å². The first-order valence-electron chi connectivity index (χ1n) is 7.01. The van der Waals surface area contributed by atoms with Crippen molar-refractivity contribution in [3.05, 3.63) is 16.0 Å². The lowest BCUT2D eigenvalue weighted by molar-refractivity contribution is -0.113. The van der Waals surface area contributed by atoms with Crippen molar-refractivity contribution in [2.24, 2.45) is 4.99 Å². The maximum atomic E-state index is 12.1. The molecule has 0 fully saturated rings. The van der Waals surface area contributed by atoms with Crippen molar-refractivity contribution < 1.29 is 14.3 Å². The minimum atomic E-state index is -0.394. The number of carbonyl (C=O) groups excluding carboxylic acids is 2. The number of thiophene rings is 1. The second kappa shape index (κ2) is 7.64. The fourth-order valence-electron chi connectivity index (χ4n) is 1.93. The van der Waals surface area contributed by atoms with Crippen LogP contribution in [0, 0.1) is 13.8 Å². The van der Waals surface area contributed by atoms with Gasteiger partial charge >= 0.3 is 5.97 Å². The summed E-state index contributed by atoms with van der Waals surface area (Å²) < 4.78 is 5.07. The molecule has 1 aromatic rings. The van der Waals surface area contributed by atoms with Crippen molar-refractivity contribution in [1.82, 2.24) is 5.32 Å². The largest absolute Gasteiger partial charge is 0.462 e. The standard InChI is InChI=1S/C14H19N3O3S2/c1-4-20-13(19)11-8(2)9(3)22-12(11)17-10(18)7-21-14-15-5-6-16-14/h4-7H2,1-3H3,(H,15,16)(H,17,18). The van der Waals surface area contributed by atoms with Gasteiger partial charge in [0, 0.05) is 11.4 Å². The van der Waals surface area contributed by atoms with Gasteiger partial charge in [-0.05, 0) is 26.3 Å². The summed E-state index contributed by atoms with van der Waals surface area (Å²) in [5.41, 5.74) is 1.31. The van der Waals surface area contributed by atoms with Gasteiger partial charge in [0.15, 0.2) is 5.17 Å². The number of hydrogen-bond acceptors (Lipinski definition) is 7. The first-order valence-corrected chi connectivity index (χ1v) is 8.81. The molecule has 22 heavy (non-hydrogen) atoms. The number of anilines is 1. The van der Waals surface area contributed by atoms with Crippen LogP contribution in [0.3, 0.4) is 0 Å². The molecule has 6 nitrogen and oxygen atoms in total. The molecule has 2 rings (SSSR count). The van der Waals surface area contributed by atoms with E-state index in [-0.39, 0.29) is 11.7 Å². The SMILES string of the molecule is CCOC(=O)c1c(NC(=O)CSC2=NCCN2)sc(C)c1C. The van der Waals surface area contributed by atoms with Crippen molar-refractivity contribution >= 4 is 45.1 Å². The number of carbonyl (C=O) groups is 2. The van der Waals surface area contributed by atoms with Crippen molar-refractivity contribution in [2.75, 3.05) is 30.8 Å². The molecule has 0 radical (unpaired) electrons. The molecule has 1 aliphatic heterocycles. The van der Waals surface area contributed by atoms with Crippen molar-refractivity contribution in [2.45, 2.75) is 20.8 Å². The topological polar surface area (TPSA) is 79.8 Å². The molecule has 0 aliphatic carbocycles. The minimum Gasteiger partial charge on any atom is -0.462 e. The van der Waals surface area contributed by atoms with Gasteiger partial charge in [-0.2, -0.15) is 0 Å². The lowest BCUT2D eigenvalue weighted by Crippen LogP contribution is -2.20. The van der Waals surface area contributed by atoms with E-state index in [4.69, 9.17) is 4.74 Å². The second-order valence-corrected chi connectivity index (χ2v) is 6.85. The Balaban J connectivity index is 2.03. The van der Waals surface area contributed by atoms with Crippen LogP contribution in [0.2, 0.25) is 0 Å². The highest BCUT2D eigenvalue weighted by molar-refractivity contribution is 8.14. The molecule has 1 aliphatic rings. The predicted molar refractivity (Wildman–Crippen MR) is 91.1 cm³/mol. The Hall–Kier alpha value is -1.54. The summed E-state index contributed by atoms with van der Waals surface area (Å²) in [6.45, 7) is 7.42. The van der Waals surface area contributed by atoms with Gasteiger partial charge in [-0.1, -0.05) is 11.8 Å². The molecule has 0 aromatic carbocycles. The number of amidine groups is 1. The van der Waals surface area contributed by atoms with Gasteiger partial charge in [-0.25, -0.2) is 4.79 Å². The number of nitrogens with zero attached hydrogens (tertiary/aromatic N) is 1. The van der Waals surface area contributed by atoms with Crippen molar-refractivity contribution in [3.8, 4) is 0 Å². The highest BCUT2D eigenvalue weighted by atomic mass is 32.2. The predicted octanol–water partition coefficient (Wildman–Crippen LogP) is 2.17. The van der Waals surface area contributed by atoms with Crippen LogP contribution in [0.5, 0.6) is 0 Å². The Morgan fingerprint density at radius 1 is 1.45 bits per heavy atom. The summed E-state index contributed by atoms with van der Waals surface area (Å²) in [6.07, 6.45) is 0. The van der Waals surface area contributed by atoms with Crippen molar-refractivity contribution in [1.29, 1.82) is 0 Å². The molecule has 0 atom stereocenters. The number of aliphatic imine (C=N–C) groups is 1. The van der Waals surface area contributed by atoms with E-state index in [0.717, 1.165) is 28.7 Å². The van der Waals surface area contributed by atoms with Gasteiger partial charge < -0.3 is 15.4 Å². The lowest BCUT2D eigenvalue weighted by Gasteiger charge is -2.07. The van der Waals surface area contributed by atoms with Crippen LogP contribution >= 0.6 is 23.1 Å². The average Bonchev–Trinajstić information content (AvgIpc) is 3.06. The smallest absolute Gasteiger partial charge is 0.341 e. The first-order chi connectivity index (χ1) is 10.5. The van der Waals surface area contributed by atoms with Crippen LogP contribution in [0.25, 0.3) is 0 Å². The van der Waals surface area contributed by atoms with Crippen LogP contribution in [0.1, 0.15) is 27.7 Å². The van der Waals surface area contributed by atoms with E-state index in [1.807, 2.05) is 13.8 Å². The van der Waals surface area contributed by atoms with Crippen LogP contribution < -0.4 is 10.6 Å². The third kappa shape index (κ3) is 4.01. The van der Waals surface area contributed by atoms with Crippen LogP contribution in [-0.4, -0.2) is 42.5 Å². The molecule has 2 N–H and O–H groups in total. The Morgan fingerprint density at radius 3 is 2.86 bits per heavy atom. The molecule has 0 unspecified atom stereocenters. The van der Waals surface area contributed by atoms with E-state index in [2.05, 4.69) is 15.6 Å². The van der Waals surface area contributed by atoms with Gasteiger partial charge in [0.05, 0.1) is 24.5 Å². The summed E-state index contributed by atoms with van der Waals surface area (Å²) in [4.78, 5) is 29.3. The number of aryl methyl sites for hydroxylation is 1. The molecule has 120 valence electrons. The third-order valence-electron chi connectivity index (χ3n) is 3.10. The Morgan fingerprint density at radius 2 is 2.23 bits per heavy atom. The normalized spacial score (nSPS) is 13.5. The lowest BCUT2D eigenvalue weighted by atomic mass is 10.1. The zero-order valence-corrected chi connectivity index (χ0v) is 14.4. The number of esters is 1. The van der Waals surface area contributed by atoms with Crippen LogP contribution in [-0.2, 0) is 9.53 Å². The van der Waals surface area contributed by atoms with E-state index in [0.29, 0.717) is 17.2 Å². The number of nitrogens with one attached hydrogen (secondary N) is 2. The zero-order chi connectivity index (χ0) is 16.1. The van der Waals surface area contributed by atoms with Crippen molar-refractivity contribution in [3.63, 3.8) is 0 Å². The highest BCUT2D eigenvalue weighted by Crippen LogP contribution is 2.33. The molecular formula is C14H19N3O3S2. The molecule has 0 spiro atoms. The summed E-state index contributed by atoms with van der Waals surface area (Å²) in [6, 6.07) is 0. The summed E-state index contributed by atoms with van der Waals surface area (Å²) >= 11 is 2.76. The maximum absolute atomic E-state index is 12.1. The van der Waals surface area contributed by atoms with E-state index < -0.39 is 5.97 Å². The van der Waals surface area contributed by atoms with E-state index in [9.17, 15) is 9.59 Å². The average molecular weight is 341 g/mol. The number of thioether (sulfide) groups is 1. The molecule has 0 saturated carbocycles. The number of hydrogen-bond donors (Lipinski definition) is 2. The quantitative estimate of drug-likeness (QED) is 0.803. The van der Waals surface area contributed by atoms with E-state index in [1.165, 1.54) is 23.1 Å². The fraction of sp³-hybridized carbons (Fsp3) is 0.500. The Labute approximate surface area is 137 Å². The van der Waals surface area contributed by atoms with E-state index >= 15 is 0 Å². The molecule has 1 aromatic heterocycles. The Kier molecular flexibility index (Phi) is 5.84. The molecule has 2 heterocycles. The molecule has 0 saturated heterocycles. The Bertz CT molecular complexity index is 611. The minimum absolute atomic E-state index is 0.159. The van der Waals surface area contributed by atoms with Gasteiger partial charge in [0.25, 0.3) is 0 Å². The van der Waals surface area contributed by atoms with Gasteiger partial charge in [-0.15, -0.1) is 11.3 Å². The number of rotatable bonds is 5. The summed E-state index contributed by atoms with van der Waals surface area (Å²) in [7, 11) is 0. The number of amides is 1. The van der Waals surface area contributed by atoms with Gasteiger partial charge in [0.2, 0.25) is 5.91 Å². The summed E-state index contributed by atoms with van der Waals surface area (Å²) in [5, 5.41) is 7.25. The van der Waals surface area contributed by atoms with E-state index in [1.54, 1.807) is 6.92 Å². The van der Waals surface area contributed by atoms with Crippen LogP contribution in [0.15, 0.2) is 4.99 Å². The third-order valence-corrected chi connectivity index (χ3v) is 5.18. The number of ether oxygens (including phenoxy) is 1. The zero-order valence-electron chi connectivity index (χ0n) is 12.8. The van der Waals surface area contributed by atoms with Gasteiger partial charge in [-0.3, -0.25) is 9.79 Å². The fourth-order valence-corrected chi connectivity index (χ4v) is 3.72. The molecule has 8 heteroatoms. The molecule has 1 amide bonds. The highest BCUT2D eigenvalue weighted by Gasteiger charge is 2.22. The molecular weight excluding hydrogens is 322 g/mol. The monoisotopic (exact) mass is 341 g/mol. The molecule has 0 bridgehead atoms. The maximum Gasteiger partial charge on any atom is 0.341 e. The second-order valence-electron chi connectivity index (χ2n) is 4.66. The van der Waals surface area contributed by atoms with Crippen LogP contribution in [0.4, 0.5) is 5.00 Å².